The predicted octanol–water partition coefficient (Wildman–Crippen LogP) is 12.5. The molecule has 5 nitrogen and oxygen atoms in total. The summed E-state index contributed by atoms with van der Waals surface area (Å²) in [6.45, 7) is 0. The zero-order valence-electron chi connectivity index (χ0n) is 31.9. The smallest absolute Gasteiger partial charge is 0.159 e. The minimum absolute atomic E-state index is 0.0772. The van der Waals surface area contributed by atoms with Gasteiger partial charge in [-0.1, -0.05) is 140 Å². The predicted molar refractivity (Wildman–Crippen MR) is 239 cm³/mol. The maximum atomic E-state index is 7.01. The standard InChI is InChI=1S/C53H40N4O/c1-2-15-35(16-3-1)40-20-10-24-45-48(40)41-19-8-9-23-44(41)57(45)46-25-11-21-42-49-43(22-12-26-47(49)58-50(42)46)53-55-51(38-29-27-33-13-4-6-17-36(33)31-38)54-52(56-53)39-30-28-34-14-5-7-18-37(34)32-39/h1-6,8-17,19-21,23-32,43,51,53,55H,7,18,22H2,(H,54,56). The number of amidine groups is 1. The molecule has 0 spiro atoms. The van der Waals surface area contributed by atoms with E-state index in [0.717, 1.165) is 69.7 Å². The van der Waals surface area contributed by atoms with Crippen LogP contribution in [-0.2, 0) is 6.42 Å². The van der Waals surface area contributed by atoms with Gasteiger partial charge in [-0.15, -0.1) is 0 Å². The number of nitrogens with one attached hydrogen (secondary N) is 2. The number of fused-ring (bicyclic) bond motifs is 8. The highest BCUT2D eigenvalue weighted by Gasteiger charge is 2.36. The molecule has 278 valence electrons. The fourth-order valence-electron chi connectivity index (χ4n) is 9.77. The molecule has 1 aliphatic heterocycles. The van der Waals surface area contributed by atoms with Crippen molar-refractivity contribution in [2.75, 3.05) is 0 Å². The van der Waals surface area contributed by atoms with E-state index in [2.05, 4.69) is 191 Å². The summed E-state index contributed by atoms with van der Waals surface area (Å²) in [4.78, 5) is 5.40. The van der Waals surface area contributed by atoms with E-state index < -0.39 is 0 Å². The van der Waals surface area contributed by atoms with Gasteiger partial charge in [0.1, 0.15) is 17.8 Å². The van der Waals surface area contributed by atoms with Crippen LogP contribution in [0.2, 0.25) is 0 Å². The van der Waals surface area contributed by atoms with Gasteiger partial charge in [0.25, 0.3) is 0 Å². The quantitative estimate of drug-likeness (QED) is 0.184. The number of para-hydroxylation sites is 2. The summed E-state index contributed by atoms with van der Waals surface area (Å²) in [5.74, 6) is 1.91. The van der Waals surface area contributed by atoms with Crippen molar-refractivity contribution >= 4 is 61.5 Å². The van der Waals surface area contributed by atoms with E-state index in [0.29, 0.717) is 0 Å². The number of benzene rings is 7. The molecule has 3 heterocycles. The Kier molecular flexibility index (Phi) is 7.63. The van der Waals surface area contributed by atoms with E-state index >= 15 is 0 Å². The van der Waals surface area contributed by atoms with Crippen molar-refractivity contribution in [3.63, 3.8) is 0 Å². The largest absolute Gasteiger partial charge is 0.454 e. The third-order valence-corrected chi connectivity index (χ3v) is 12.5. The third-order valence-electron chi connectivity index (χ3n) is 12.5. The first-order chi connectivity index (χ1) is 28.7. The van der Waals surface area contributed by atoms with Gasteiger partial charge < -0.3 is 14.3 Å². The van der Waals surface area contributed by atoms with Gasteiger partial charge in [0.05, 0.1) is 22.9 Å². The molecule has 2 aromatic heterocycles. The Morgan fingerprint density at radius 2 is 1.48 bits per heavy atom. The maximum Gasteiger partial charge on any atom is 0.159 e. The zero-order valence-corrected chi connectivity index (χ0v) is 31.9. The van der Waals surface area contributed by atoms with Gasteiger partial charge in [0.15, 0.2) is 5.58 Å². The third kappa shape index (κ3) is 5.31. The summed E-state index contributed by atoms with van der Waals surface area (Å²) in [5, 5.41) is 14.0. The van der Waals surface area contributed by atoms with Crippen molar-refractivity contribution in [3.05, 3.63) is 197 Å². The van der Waals surface area contributed by atoms with Crippen molar-refractivity contribution < 1.29 is 4.42 Å². The molecular weight excluding hydrogens is 709 g/mol. The molecule has 3 atom stereocenters. The molecule has 0 bridgehead atoms. The van der Waals surface area contributed by atoms with Gasteiger partial charge in [-0.2, -0.15) is 0 Å². The van der Waals surface area contributed by atoms with Crippen molar-refractivity contribution in [3.8, 4) is 16.8 Å². The fourth-order valence-corrected chi connectivity index (χ4v) is 9.77. The number of hydrogen-bond acceptors (Lipinski definition) is 4. The molecule has 0 radical (unpaired) electrons. The number of nitrogens with zero attached hydrogens (tertiary/aromatic N) is 2. The second kappa shape index (κ2) is 13.3. The second-order valence-electron chi connectivity index (χ2n) is 15.8. The molecule has 0 saturated heterocycles. The number of furan rings is 1. The summed E-state index contributed by atoms with van der Waals surface area (Å²) < 4.78 is 9.41. The molecule has 7 aromatic carbocycles. The molecular formula is C53H40N4O. The number of aliphatic imine (C=N–C) groups is 1. The van der Waals surface area contributed by atoms with Gasteiger partial charge >= 0.3 is 0 Å². The summed E-state index contributed by atoms with van der Waals surface area (Å²) in [6, 6.07) is 54.9. The normalized spacial score (nSPS) is 18.7. The lowest BCUT2D eigenvalue weighted by molar-refractivity contribution is 0.344. The SMILES string of the molecule is C1=Cc2ccc(C3=NC(c4ccc5ccccc5c4)NC(C4CC=Cc5oc6c(-n7c8ccccc8c8c(-c9ccccc9)cccc87)cccc6c54)N3)cc2CC1. The summed E-state index contributed by atoms with van der Waals surface area (Å²) in [6.07, 6.45) is 11.6. The van der Waals surface area contributed by atoms with Crippen LogP contribution in [0.1, 0.15) is 58.5 Å². The molecule has 3 unspecified atom stereocenters. The first-order valence-electron chi connectivity index (χ1n) is 20.4. The molecule has 9 aromatic rings. The average Bonchev–Trinajstić information content (AvgIpc) is 3.85. The maximum absolute atomic E-state index is 7.01. The van der Waals surface area contributed by atoms with E-state index in [1.54, 1.807) is 0 Å². The Balaban J connectivity index is 0.998. The monoisotopic (exact) mass is 748 g/mol. The average molecular weight is 749 g/mol. The van der Waals surface area contributed by atoms with Crippen molar-refractivity contribution in [2.45, 2.75) is 37.5 Å². The molecule has 0 amide bonds. The number of rotatable bonds is 5. The summed E-state index contributed by atoms with van der Waals surface area (Å²) >= 11 is 0. The highest BCUT2D eigenvalue weighted by atomic mass is 16.3. The summed E-state index contributed by atoms with van der Waals surface area (Å²) in [5.41, 5.74) is 12.9. The van der Waals surface area contributed by atoms with Crippen LogP contribution in [0, 0.1) is 0 Å². The van der Waals surface area contributed by atoms with Crippen LogP contribution in [-0.4, -0.2) is 16.6 Å². The van der Waals surface area contributed by atoms with Gasteiger partial charge in [-0.25, -0.2) is 4.99 Å². The van der Waals surface area contributed by atoms with E-state index in [1.165, 1.54) is 49.4 Å². The molecule has 2 N–H and O–H groups in total. The lowest BCUT2D eigenvalue weighted by Gasteiger charge is -2.37. The van der Waals surface area contributed by atoms with Crippen LogP contribution in [0.4, 0.5) is 0 Å². The lowest BCUT2D eigenvalue weighted by atomic mass is 9.85. The highest BCUT2D eigenvalue weighted by molar-refractivity contribution is 6.16. The van der Waals surface area contributed by atoms with Gasteiger partial charge in [-0.05, 0) is 94.3 Å². The zero-order chi connectivity index (χ0) is 38.2. The van der Waals surface area contributed by atoms with Crippen LogP contribution in [0.25, 0.3) is 72.5 Å². The van der Waals surface area contributed by atoms with Crippen LogP contribution in [0.5, 0.6) is 0 Å². The number of aryl methyl sites for hydroxylation is 1. The summed E-state index contributed by atoms with van der Waals surface area (Å²) in [7, 11) is 0. The minimum atomic E-state index is -0.235. The van der Waals surface area contributed by atoms with Gasteiger partial charge in [0, 0.05) is 33.2 Å². The van der Waals surface area contributed by atoms with Crippen LogP contribution < -0.4 is 10.6 Å². The fraction of sp³-hybridized carbons (Fsp3) is 0.113. The van der Waals surface area contributed by atoms with E-state index in [-0.39, 0.29) is 18.2 Å². The number of aromatic nitrogens is 1. The molecule has 0 fully saturated rings. The molecule has 0 saturated carbocycles. The topological polar surface area (TPSA) is 54.5 Å². The molecule has 58 heavy (non-hydrogen) atoms. The number of hydrogen-bond donors (Lipinski definition) is 2. The van der Waals surface area contributed by atoms with Crippen LogP contribution in [0.15, 0.2) is 173 Å². The highest BCUT2D eigenvalue weighted by Crippen LogP contribution is 2.45. The lowest BCUT2D eigenvalue weighted by Crippen LogP contribution is -2.54. The van der Waals surface area contributed by atoms with E-state index in [1.807, 2.05) is 0 Å². The Hall–Kier alpha value is -6.95. The molecule has 5 heteroatoms. The molecule has 2 aliphatic carbocycles. The Labute approximate surface area is 336 Å². The second-order valence-corrected chi connectivity index (χ2v) is 15.8. The van der Waals surface area contributed by atoms with Crippen molar-refractivity contribution in [1.82, 2.24) is 15.2 Å². The van der Waals surface area contributed by atoms with Crippen molar-refractivity contribution in [2.24, 2.45) is 4.99 Å². The molecule has 3 aliphatic rings. The minimum Gasteiger partial charge on any atom is -0.454 e. The van der Waals surface area contributed by atoms with Gasteiger partial charge in [-0.3, -0.25) is 5.32 Å². The molecule has 12 rings (SSSR count). The Bertz CT molecular complexity index is 3180. The van der Waals surface area contributed by atoms with Gasteiger partial charge in [0.2, 0.25) is 0 Å². The van der Waals surface area contributed by atoms with E-state index in [9.17, 15) is 0 Å². The number of allylic oxidation sites excluding steroid dienone is 2. The van der Waals surface area contributed by atoms with E-state index in [4.69, 9.17) is 9.41 Å². The Morgan fingerprint density at radius 3 is 2.43 bits per heavy atom. The Morgan fingerprint density at radius 1 is 0.655 bits per heavy atom. The first-order valence-corrected chi connectivity index (χ1v) is 20.4. The van der Waals surface area contributed by atoms with Crippen molar-refractivity contribution in [1.29, 1.82) is 0 Å². The first kappa shape index (κ1) is 33.2. The van der Waals surface area contributed by atoms with Crippen LogP contribution in [0.3, 0.4) is 0 Å². The van der Waals surface area contributed by atoms with Crippen LogP contribution >= 0.6 is 0 Å².